The van der Waals surface area contributed by atoms with E-state index in [0.29, 0.717) is 25.6 Å². The summed E-state index contributed by atoms with van der Waals surface area (Å²) in [5.74, 6) is -0.0547. The fraction of sp³-hybridized carbons (Fsp3) is 0.700. The summed E-state index contributed by atoms with van der Waals surface area (Å²) in [6.07, 6.45) is 3.18. The van der Waals surface area contributed by atoms with Gasteiger partial charge in [-0.15, -0.1) is 0 Å². The number of rotatable bonds is 5. The average molecular weight is 422 g/mol. The Hall–Kier alpha value is -2.78. The average Bonchev–Trinajstić information content (AvgIpc) is 3.11. The molecule has 0 bridgehead atoms. The number of likely N-dealkylation sites (tertiary alicyclic amines) is 1. The molecule has 3 amide bonds. The van der Waals surface area contributed by atoms with Gasteiger partial charge in [-0.2, -0.15) is 0 Å². The van der Waals surface area contributed by atoms with Crippen LogP contribution >= 0.6 is 0 Å². The molecular weight excluding hydrogens is 392 g/mol. The lowest BCUT2D eigenvalue weighted by Gasteiger charge is -2.52. The second kappa shape index (κ2) is 8.53. The Morgan fingerprint density at radius 3 is 2.53 bits per heavy atom. The van der Waals surface area contributed by atoms with E-state index in [1.165, 1.54) is 6.07 Å². The Labute approximate surface area is 175 Å². The third kappa shape index (κ3) is 5.64. The standard InChI is InChI=1S/C20H30N4O6/c1-19(2,3)29-18(27)24-6-4-20(5-7-24)9-13(10-20)11-22-17(26)28-12-14-8-15(16(21)25)23-30-14/h8,13H,4-7,9-12H2,1-3H3,(H2,21,25)(H,22,26). The van der Waals surface area contributed by atoms with Crippen molar-refractivity contribution in [3.05, 3.63) is 17.5 Å². The van der Waals surface area contributed by atoms with Crippen molar-refractivity contribution in [2.75, 3.05) is 19.6 Å². The molecule has 30 heavy (non-hydrogen) atoms. The first-order chi connectivity index (χ1) is 14.1. The quantitative estimate of drug-likeness (QED) is 0.743. The minimum atomic E-state index is -0.703. The lowest BCUT2D eigenvalue weighted by molar-refractivity contribution is -0.0268. The minimum Gasteiger partial charge on any atom is -0.444 e. The highest BCUT2D eigenvalue weighted by molar-refractivity contribution is 5.90. The lowest BCUT2D eigenvalue weighted by atomic mass is 9.57. The fourth-order valence-corrected chi connectivity index (χ4v) is 4.12. The van der Waals surface area contributed by atoms with E-state index in [1.807, 2.05) is 20.8 Å². The summed E-state index contributed by atoms with van der Waals surface area (Å²) in [5.41, 5.74) is 4.86. The van der Waals surface area contributed by atoms with Crippen molar-refractivity contribution in [3.63, 3.8) is 0 Å². The number of ether oxygens (including phenoxy) is 2. The summed E-state index contributed by atoms with van der Waals surface area (Å²) in [6, 6.07) is 1.34. The number of hydrogen-bond acceptors (Lipinski definition) is 7. The van der Waals surface area contributed by atoms with Gasteiger partial charge in [-0.3, -0.25) is 4.79 Å². The first-order valence-electron chi connectivity index (χ1n) is 10.2. The van der Waals surface area contributed by atoms with E-state index in [4.69, 9.17) is 19.7 Å². The van der Waals surface area contributed by atoms with Crippen LogP contribution in [0.25, 0.3) is 0 Å². The second-order valence-corrected chi connectivity index (χ2v) is 9.24. The number of carbonyl (C=O) groups is 3. The molecule has 1 aromatic rings. The molecule has 1 aliphatic heterocycles. The molecule has 1 aliphatic carbocycles. The van der Waals surface area contributed by atoms with Crippen LogP contribution in [0, 0.1) is 11.3 Å². The molecule has 10 heteroatoms. The minimum absolute atomic E-state index is 0.00788. The monoisotopic (exact) mass is 422 g/mol. The van der Waals surface area contributed by atoms with Crippen LogP contribution in [-0.4, -0.2) is 53.4 Å². The van der Waals surface area contributed by atoms with Crippen molar-refractivity contribution in [2.24, 2.45) is 17.1 Å². The van der Waals surface area contributed by atoms with E-state index in [1.54, 1.807) is 4.90 Å². The molecule has 3 N–H and O–H groups in total. The van der Waals surface area contributed by atoms with Crippen LogP contribution in [0.4, 0.5) is 9.59 Å². The normalized spacial score (nSPS) is 18.6. The Bertz CT molecular complexity index is 783. The van der Waals surface area contributed by atoms with Crippen molar-refractivity contribution in [1.29, 1.82) is 0 Å². The third-order valence-electron chi connectivity index (χ3n) is 5.61. The Morgan fingerprint density at radius 1 is 1.30 bits per heavy atom. The first kappa shape index (κ1) is 21.9. The van der Waals surface area contributed by atoms with Crippen molar-refractivity contribution in [2.45, 2.75) is 58.7 Å². The first-order valence-corrected chi connectivity index (χ1v) is 10.2. The van der Waals surface area contributed by atoms with Crippen LogP contribution < -0.4 is 11.1 Å². The summed E-state index contributed by atoms with van der Waals surface area (Å²) >= 11 is 0. The molecule has 1 saturated carbocycles. The number of nitrogens with two attached hydrogens (primary N) is 1. The summed E-state index contributed by atoms with van der Waals surface area (Å²) in [5, 5.41) is 6.24. The number of aromatic nitrogens is 1. The number of nitrogens with one attached hydrogen (secondary N) is 1. The predicted octanol–water partition coefficient (Wildman–Crippen LogP) is 2.43. The summed E-state index contributed by atoms with van der Waals surface area (Å²) < 4.78 is 15.4. The predicted molar refractivity (Wildman–Crippen MR) is 105 cm³/mol. The van der Waals surface area contributed by atoms with Gasteiger partial charge >= 0.3 is 12.2 Å². The molecule has 0 radical (unpaired) electrons. The number of piperidine rings is 1. The Balaban J connectivity index is 1.32. The Kier molecular flexibility index (Phi) is 6.23. The van der Waals surface area contributed by atoms with Gasteiger partial charge in [0.15, 0.2) is 18.1 Å². The number of amides is 3. The van der Waals surface area contributed by atoms with Gasteiger partial charge in [0, 0.05) is 25.7 Å². The third-order valence-corrected chi connectivity index (χ3v) is 5.61. The van der Waals surface area contributed by atoms with Crippen LogP contribution in [0.1, 0.15) is 62.7 Å². The van der Waals surface area contributed by atoms with Crippen LogP contribution in [0.3, 0.4) is 0 Å². The van der Waals surface area contributed by atoms with Gasteiger partial charge in [-0.1, -0.05) is 5.16 Å². The van der Waals surface area contributed by atoms with Gasteiger partial charge in [0.1, 0.15) is 5.60 Å². The van der Waals surface area contributed by atoms with Crippen molar-refractivity contribution in [1.82, 2.24) is 15.4 Å². The maximum absolute atomic E-state index is 12.2. The summed E-state index contributed by atoms with van der Waals surface area (Å²) in [4.78, 5) is 36.8. The maximum atomic E-state index is 12.2. The van der Waals surface area contributed by atoms with E-state index < -0.39 is 17.6 Å². The van der Waals surface area contributed by atoms with Gasteiger partial charge in [-0.05, 0) is 57.8 Å². The van der Waals surface area contributed by atoms with E-state index in [2.05, 4.69) is 10.5 Å². The highest BCUT2D eigenvalue weighted by Gasteiger charge is 2.46. The number of carbonyl (C=O) groups excluding carboxylic acids is 3. The number of nitrogens with zero attached hydrogens (tertiary/aromatic N) is 2. The van der Waals surface area contributed by atoms with Gasteiger partial charge in [0.2, 0.25) is 0 Å². The summed E-state index contributed by atoms with van der Waals surface area (Å²) in [6.45, 7) is 7.45. The zero-order valence-electron chi connectivity index (χ0n) is 17.7. The van der Waals surface area contributed by atoms with Crippen LogP contribution in [0.5, 0.6) is 0 Å². The molecule has 1 spiro atoms. The molecule has 1 saturated heterocycles. The molecule has 166 valence electrons. The van der Waals surface area contributed by atoms with Gasteiger partial charge in [0.25, 0.3) is 5.91 Å². The molecule has 10 nitrogen and oxygen atoms in total. The largest absolute Gasteiger partial charge is 0.444 e. The van der Waals surface area contributed by atoms with Gasteiger partial charge < -0.3 is 29.9 Å². The highest BCUT2D eigenvalue weighted by Crippen LogP contribution is 2.52. The molecule has 0 aromatic carbocycles. The van der Waals surface area contributed by atoms with E-state index >= 15 is 0 Å². The Morgan fingerprint density at radius 2 is 1.97 bits per heavy atom. The number of alkyl carbamates (subject to hydrolysis) is 1. The second-order valence-electron chi connectivity index (χ2n) is 9.24. The van der Waals surface area contributed by atoms with Gasteiger partial charge in [0.05, 0.1) is 0 Å². The zero-order chi connectivity index (χ0) is 21.9. The highest BCUT2D eigenvalue weighted by atomic mass is 16.6. The molecule has 1 aromatic heterocycles. The smallest absolute Gasteiger partial charge is 0.410 e. The van der Waals surface area contributed by atoms with E-state index in [0.717, 1.165) is 25.7 Å². The topological polar surface area (TPSA) is 137 Å². The van der Waals surface area contributed by atoms with E-state index in [-0.39, 0.29) is 29.6 Å². The summed E-state index contributed by atoms with van der Waals surface area (Å²) in [7, 11) is 0. The van der Waals surface area contributed by atoms with Crippen LogP contribution in [0.2, 0.25) is 0 Å². The molecule has 2 aliphatic rings. The van der Waals surface area contributed by atoms with Crippen LogP contribution in [0.15, 0.2) is 10.6 Å². The lowest BCUT2D eigenvalue weighted by Crippen LogP contribution is -2.51. The molecule has 2 heterocycles. The van der Waals surface area contributed by atoms with Crippen molar-refractivity contribution in [3.8, 4) is 0 Å². The zero-order valence-corrected chi connectivity index (χ0v) is 17.7. The number of hydrogen-bond donors (Lipinski definition) is 2. The van der Waals surface area contributed by atoms with Crippen molar-refractivity contribution >= 4 is 18.1 Å². The molecule has 0 atom stereocenters. The number of primary amides is 1. The molecular formula is C20H30N4O6. The SMILES string of the molecule is CC(C)(C)OC(=O)N1CCC2(CC1)CC(CNC(=O)OCc1cc(C(N)=O)no1)C2. The van der Waals surface area contributed by atoms with Crippen LogP contribution in [-0.2, 0) is 16.1 Å². The van der Waals surface area contributed by atoms with Gasteiger partial charge in [-0.25, -0.2) is 9.59 Å². The van der Waals surface area contributed by atoms with Crippen molar-refractivity contribution < 1.29 is 28.4 Å². The molecule has 2 fully saturated rings. The van der Waals surface area contributed by atoms with E-state index in [9.17, 15) is 14.4 Å². The molecule has 3 rings (SSSR count). The molecule has 0 unspecified atom stereocenters. The maximum Gasteiger partial charge on any atom is 0.410 e. The fourth-order valence-electron chi connectivity index (χ4n) is 4.12.